The predicted molar refractivity (Wildman–Crippen MR) is 108 cm³/mol. The molecule has 2 rings (SSSR count). The van der Waals surface area contributed by atoms with E-state index in [4.69, 9.17) is 4.74 Å². The third kappa shape index (κ3) is 7.11. The molecular formula is C21H32FN3O3. The first-order chi connectivity index (χ1) is 13.4. The fourth-order valence-electron chi connectivity index (χ4n) is 3.76. The number of piperidine rings is 1. The minimum Gasteiger partial charge on any atom is -0.491 e. The highest BCUT2D eigenvalue weighted by molar-refractivity contribution is 6.39. The Kier molecular flexibility index (Phi) is 8.70. The maximum absolute atomic E-state index is 13.8. The van der Waals surface area contributed by atoms with Gasteiger partial charge in [-0.25, -0.2) is 4.39 Å². The molecule has 7 heteroatoms. The smallest absolute Gasteiger partial charge is 0.313 e. The summed E-state index contributed by atoms with van der Waals surface area (Å²) in [6.45, 7) is 10.4. The number of anilines is 1. The van der Waals surface area contributed by atoms with Crippen LogP contribution in [0, 0.1) is 17.7 Å². The number of nitrogens with zero attached hydrogens (tertiary/aromatic N) is 1. The van der Waals surface area contributed by atoms with Crippen molar-refractivity contribution >= 4 is 17.5 Å². The maximum Gasteiger partial charge on any atom is 0.313 e. The highest BCUT2D eigenvalue weighted by Crippen LogP contribution is 2.22. The van der Waals surface area contributed by atoms with Gasteiger partial charge in [-0.3, -0.25) is 9.59 Å². The zero-order valence-electron chi connectivity index (χ0n) is 17.1. The summed E-state index contributed by atoms with van der Waals surface area (Å²) in [5, 5.41) is 5.02. The normalized spacial score (nSPS) is 19.9. The minimum atomic E-state index is -0.803. The van der Waals surface area contributed by atoms with Crippen LogP contribution in [-0.4, -0.2) is 49.5 Å². The summed E-state index contributed by atoms with van der Waals surface area (Å²) in [6.07, 6.45) is 3.08. The zero-order chi connectivity index (χ0) is 20.5. The van der Waals surface area contributed by atoms with E-state index >= 15 is 0 Å². The van der Waals surface area contributed by atoms with E-state index in [-0.39, 0.29) is 11.4 Å². The second kappa shape index (κ2) is 11.0. The van der Waals surface area contributed by atoms with Gasteiger partial charge in [0, 0.05) is 31.4 Å². The van der Waals surface area contributed by atoms with E-state index in [1.807, 2.05) is 0 Å². The van der Waals surface area contributed by atoms with Gasteiger partial charge in [0.25, 0.3) is 0 Å². The molecule has 28 heavy (non-hydrogen) atoms. The number of ether oxygens (including phenoxy) is 1. The van der Waals surface area contributed by atoms with Crippen molar-refractivity contribution in [3.63, 3.8) is 0 Å². The van der Waals surface area contributed by atoms with Crippen LogP contribution in [0.25, 0.3) is 0 Å². The molecule has 0 aromatic heterocycles. The molecule has 156 valence electrons. The Hall–Kier alpha value is -2.15. The standard InChI is InChI=1S/C21H32FN3O3/c1-4-28-19-8-7-17(12-18(19)22)24-21(27)20(26)23-9-5-6-10-25-13-15(2)11-16(3)14-25/h7-8,12,15-16H,4-6,9-11,13-14H2,1-3H3,(H,23,26)(H,24,27). The number of rotatable bonds is 8. The van der Waals surface area contributed by atoms with Crippen molar-refractivity contribution in [3.8, 4) is 5.75 Å². The Morgan fingerprint density at radius 3 is 2.54 bits per heavy atom. The minimum absolute atomic E-state index is 0.113. The molecule has 0 saturated carbocycles. The largest absolute Gasteiger partial charge is 0.491 e. The Morgan fingerprint density at radius 2 is 1.89 bits per heavy atom. The molecule has 0 aliphatic carbocycles. The van der Waals surface area contributed by atoms with Gasteiger partial charge >= 0.3 is 11.8 Å². The van der Waals surface area contributed by atoms with Crippen LogP contribution >= 0.6 is 0 Å². The number of unbranched alkanes of at least 4 members (excludes halogenated alkanes) is 1. The summed E-state index contributed by atoms with van der Waals surface area (Å²) in [4.78, 5) is 26.3. The third-order valence-electron chi connectivity index (χ3n) is 4.83. The number of nitrogens with one attached hydrogen (secondary N) is 2. The van der Waals surface area contributed by atoms with Crippen molar-refractivity contribution in [1.29, 1.82) is 0 Å². The number of benzene rings is 1. The van der Waals surface area contributed by atoms with E-state index in [9.17, 15) is 14.0 Å². The third-order valence-corrected chi connectivity index (χ3v) is 4.83. The number of carbonyl (C=O) groups is 2. The van der Waals surface area contributed by atoms with Gasteiger partial charge in [-0.15, -0.1) is 0 Å². The Labute approximate surface area is 166 Å². The Balaban J connectivity index is 1.66. The SMILES string of the molecule is CCOc1ccc(NC(=O)C(=O)NCCCCN2CC(C)CC(C)C2)cc1F. The number of hydrogen-bond donors (Lipinski definition) is 2. The fraction of sp³-hybridized carbons (Fsp3) is 0.619. The van der Waals surface area contributed by atoms with E-state index < -0.39 is 17.6 Å². The van der Waals surface area contributed by atoms with Crippen molar-refractivity contribution in [2.75, 3.05) is 38.1 Å². The van der Waals surface area contributed by atoms with Crippen molar-refractivity contribution in [2.24, 2.45) is 11.8 Å². The fourth-order valence-corrected chi connectivity index (χ4v) is 3.76. The lowest BCUT2D eigenvalue weighted by Gasteiger charge is -2.34. The van der Waals surface area contributed by atoms with Gasteiger partial charge in [-0.1, -0.05) is 13.8 Å². The molecule has 1 aliphatic heterocycles. The first-order valence-corrected chi connectivity index (χ1v) is 10.1. The van der Waals surface area contributed by atoms with Gasteiger partial charge in [-0.05, 0) is 56.7 Å². The molecule has 1 heterocycles. The average molecular weight is 394 g/mol. The molecule has 1 saturated heterocycles. The van der Waals surface area contributed by atoms with E-state index in [1.165, 1.54) is 18.6 Å². The molecule has 0 radical (unpaired) electrons. The van der Waals surface area contributed by atoms with Crippen molar-refractivity contribution < 1.29 is 18.7 Å². The highest BCUT2D eigenvalue weighted by atomic mass is 19.1. The van der Waals surface area contributed by atoms with Crippen LogP contribution in [0.3, 0.4) is 0 Å². The molecule has 2 amide bonds. The lowest BCUT2D eigenvalue weighted by molar-refractivity contribution is -0.136. The van der Waals surface area contributed by atoms with Crippen LogP contribution < -0.4 is 15.4 Å². The monoisotopic (exact) mass is 393 g/mol. The van der Waals surface area contributed by atoms with Crippen LogP contribution in [0.1, 0.15) is 40.0 Å². The first kappa shape index (κ1) is 22.1. The summed E-state index contributed by atoms with van der Waals surface area (Å²) in [6, 6.07) is 4.06. The molecule has 1 aromatic carbocycles. The number of carbonyl (C=O) groups excluding carboxylic acids is 2. The van der Waals surface area contributed by atoms with Gasteiger partial charge in [-0.2, -0.15) is 0 Å². The van der Waals surface area contributed by atoms with Crippen molar-refractivity contribution in [2.45, 2.75) is 40.0 Å². The zero-order valence-corrected chi connectivity index (χ0v) is 17.1. The molecule has 0 spiro atoms. The topological polar surface area (TPSA) is 70.7 Å². The van der Waals surface area contributed by atoms with Crippen LogP contribution in [0.2, 0.25) is 0 Å². The summed E-state index contributed by atoms with van der Waals surface area (Å²) >= 11 is 0. The quantitative estimate of drug-likeness (QED) is 0.526. The molecule has 6 nitrogen and oxygen atoms in total. The summed E-state index contributed by atoms with van der Waals surface area (Å²) in [7, 11) is 0. The molecule has 1 aliphatic rings. The predicted octanol–water partition coefficient (Wildman–Crippen LogP) is 3.04. The summed E-state index contributed by atoms with van der Waals surface area (Å²) in [5.74, 6) is -0.514. The number of halogens is 1. The van der Waals surface area contributed by atoms with Crippen LogP contribution in [0.4, 0.5) is 10.1 Å². The molecule has 2 atom stereocenters. The second-order valence-electron chi connectivity index (χ2n) is 7.70. The van der Waals surface area contributed by atoms with Gasteiger partial charge in [0.1, 0.15) is 0 Å². The number of likely N-dealkylation sites (tertiary alicyclic amines) is 1. The Bertz CT molecular complexity index is 658. The van der Waals surface area contributed by atoms with Crippen molar-refractivity contribution in [1.82, 2.24) is 10.2 Å². The molecule has 1 aromatic rings. The van der Waals surface area contributed by atoms with Gasteiger partial charge in [0.2, 0.25) is 0 Å². The molecule has 0 bridgehead atoms. The number of hydrogen-bond acceptors (Lipinski definition) is 4. The highest BCUT2D eigenvalue weighted by Gasteiger charge is 2.21. The van der Waals surface area contributed by atoms with E-state index in [2.05, 4.69) is 29.4 Å². The lowest BCUT2D eigenvalue weighted by atomic mass is 9.92. The van der Waals surface area contributed by atoms with Gasteiger partial charge in [0.15, 0.2) is 11.6 Å². The summed E-state index contributed by atoms with van der Waals surface area (Å²) < 4.78 is 18.9. The van der Waals surface area contributed by atoms with E-state index in [0.717, 1.165) is 50.4 Å². The van der Waals surface area contributed by atoms with Crippen LogP contribution in [0.15, 0.2) is 18.2 Å². The lowest BCUT2D eigenvalue weighted by Crippen LogP contribution is -2.39. The van der Waals surface area contributed by atoms with Gasteiger partial charge < -0.3 is 20.3 Å². The van der Waals surface area contributed by atoms with Crippen LogP contribution in [-0.2, 0) is 9.59 Å². The molecular weight excluding hydrogens is 361 g/mol. The van der Waals surface area contributed by atoms with E-state index in [0.29, 0.717) is 13.2 Å². The average Bonchev–Trinajstić information content (AvgIpc) is 2.62. The second-order valence-corrected chi connectivity index (χ2v) is 7.70. The summed E-state index contributed by atoms with van der Waals surface area (Å²) in [5.41, 5.74) is 0.217. The Morgan fingerprint density at radius 1 is 1.18 bits per heavy atom. The van der Waals surface area contributed by atoms with E-state index in [1.54, 1.807) is 6.92 Å². The molecule has 1 fully saturated rings. The first-order valence-electron chi connectivity index (χ1n) is 10.1. The maximum atomic E-state index is 13.8. The van der Waals surface area contributed by atoms with Gasteiger partial charge in [0.05, 0.1) is 6.61 Å². The number of amides is 2. The van der Waals surface area contributed by atoms with Crippen LogP contribution in [0.5, 0.6) is 5.75 Å². The molecule has 2 unspecified atom stereocenters. The molecule has 2 N–H and O–H groups in total. The van der Waals surface area contributed by atoms with Crippen molar-refractivity contribution in [3.05, 3.63) is 24.0 Å².